The number of hydrogen-bond donors (Lipinski definition) is 1. The van der Waals surface area contributed by atoms with Gasteiger partial charge in [-0.05, 0) is 18.6 Å². The molecule has 3 fully saturated rings. The van der Waals surface area contributed by atoms with Gasteiger partial charge in [0.05, 0.1) is 22.0 Å². The van der Waals surface area contributed by atoms with E-state index < -0.39 is 0 Å². The van der Waals surface area contributed by atoms with Gasteiger partial charge in [0.25, 0.3) is 0 Å². The standard InChI is InChI=1S/C12H15N3S3/c13-4-7-9(6-2-1-3-16-6)10-11(15)8(5-14)18-12(10)17-7/h6-12H,1-3,15H2. The first kappa shape index (κ1) is 13.0. The van der Waals surface area contributed by atoms with Gasteiger partial charge in [0.1, 0.15) is 5.25 Å². The minimum atomic E-state index is -0.0824. The molecule has 6 heteroatoms. The van der Waals surface area contributed by atoms with Gasteiger partial charge in [0, 0.05) is 23.1 Å². The summed E-state index contributed by atoms with van der Waals surface area (Å²) in [4.78, 5) is 0. The van der Waals surface area contributed by atoms with Crippen LogP contribution in [-0.2, 0) is 0 Å². The fourth-order valence-corrected chi connectivity index (χ4v) is 8.60. The first-order chi connectivity index (χ1) is 8.76. The van der Waals surface area contributed by atoms with E-state index in [0.29, 0.717) is 21.7 Å². The van der Waals surface area contributed by atoms with Crippen LogP contribution in [0.3, 0.4) is 0 Å². The molecule has 3 rings (SSSR count). The van der Waals surface area contributed by atoms with Crippen LogP contribution in [-0.4, -0.2) is 32.1 Å². The van der Waals surface area contributed by atoms with Gasteiger partial charge in [-0.15, -0.1) is 23.5 Å². The maximum Gasteiger partial charge on any atom is 0.108 e. The van der Waals surface area contributed by atoms with E-state index in [9.17, 15) is 5.26 Å². The number of nitriles is 2. The zero-order valence-electron chi connectivity index (χ0n) is 9.86. The van der Waals surface area contributed by atoms with Crippen LogP contribution in [0.15, 0.2) is 0 Å². The van der Waals surface area contributed by atoms with Crippen LogP contribution in [0.4, 0.5) is 0 Å². The second kappa shape index (κ2) is 5.17. The third kappa shape index (κ3) is 1.94. The summed E-state index contributed by atoms with van der Waals surface area (Å²) in [6.45, 7) is 0. The third-order valence-electron chi connectivity index (χ3n) is 4.11. The van der Waals surface area contributed by atoms with Crippen molar-refractivity contribution < 1.29 is 0 Å². The lowest BCUT2D eigenvalue weighted by Gasteiger charge is -2.28. The Hall–Kier alpha value is -0.0100. The van der Waals surface area contributed by atoms with Crippen molar-refractivity contribution in [3.05, 3.63) is 0 Å². The molecule has 0 spiro atoms. The lowest BCUT2D eigenvalue weighted by molar-refractivity contribution is 0.332. The first-order valence-electron chi connectivity index (χ1n) is 6.23. The number of fused-ring (bicyclic) bond motifs is 1. The van der Waals surface area contributed by atoms with Crippen LogP contribution >= 0.6 is 35.3 Å². The Labute approximate surface area is 120 Å². The quantitative estimate of drug-likeness (QED) is 0.798. The molecular formula is C12H15N3S3. The molecule has 3 aliphatic heterocycles. The molecule has 0 radical (unpaired) electrons. The number of nitrogens with zero attached hydrogens (tertiary/aromatic N) is 2. The summed E-state index contributed by atoms with van der Waals surface area (Å²) < 4.78 is 0.362. The van der Waals surface area contributed by atoms with Crippen molar-refractivity contribution in [1.82, 2.24) is 0 Å². The summed E-state index contributed by atoms with van der Waals surface area (Å²) in [5.74, 6) is 1.95. The van der Waals surface area contributed by atoms with Crippen LogP contribution in [0.1, 0.15) is 12.8 Å². The summed E-state index contributed by atoms with van der Waals surface area (Å²) >= 11 is 5.45. The largest absolute Gasteiger partial charge is 0.326 e. The minimum Gasteiger partial charge on any atom is -0.326 e. The third-order valence-corrected chi connectivity index (χ3v) is 8.87. The fourth-order valence-electron chi connectivity index (χ4n) is 3.29. The van der Waals surface area contributed by atoms with Crippen molar-refractivity contribution in [2.45, 2.75) is 39.2 Å². The zero-order chi connectivity index (χ0) is 12.7. The van der Waals surface area contributed by atoms with Crippen LogP contribution in [0, 0.1) is 34.5 Å². The highest BCUT2D eigenvalue weighted by Crippen LogP contribution is 2.59. The highest BCUT2D eigenvalue weighted by molar-refractivity contribution is 8.18. The SMILES string of the molecule is N#CC1SC2SC(C#N)C(C3CCCS3)C2C1N. The molecule has 2 N–H and O–H groups in total. The van der Waals surface area contributed by atoms with Crippen molar-refractivity contribution >= 4 is 35.3 Å². The zero-order valence-corrected chi connectivity index (χ0v) is 12.3. The molecule has 96 valence electrons. The van der Waals surface area contributed by atoms with Crippen LogP contribution in [0.2, 0.25) is 0 Å². The van der Waals surface area contributed by atoms with Crippen molar-refractivity contribution in [3.63, 3.8) is 0 Å². The summed E-state index contributed by atoms with van der Waals surface area (Å²) in [6.07, 6.45) is 2.47. The van der Waals surface area contributed by atoms with E-state index in [1.807, 2.05) is 11.8 Å². The highest BCUT2D eigenvalue weighted by Gasteiger charge is 2.56. The van der Waals surface area contributed by atoms with Gasteiger partial charge in [-0.2, -0.15) is 22.3 Å². The van der Waals surface area contributed by atoms with Gasteiger partial charge >= 0.3 is 0 Å². The minimum absolute atomic E-state index is 0.0537. The summed E-state index contributed by atoms with van der Waals surface area (Å²) in [6, 6.07) is 4.74. The Bertz CT molecular complexity index is 410. The summed E-state index contributed by atoms with van der Waals surface area (Å²) in [5, 5.41) is 19.1. The molecule has 3 saturated heterocycles. The molecule has 0 bridgehead atoms. The van der Waals surface area contributed by atoms with Gasteiger partial charge in [-0.1, -0.05) is 0 Å². The lowest BCUT2D eigenvalue weighted by atomic mass is 9.81. The van der Waals surface area contributed by atoms with E-state index in [1.54, 1.807) is 23.5 Å². The van der Waals surface area contributed by atoms with E-state index >= 15 is 0 Å². The van der Waals surface area contributed by atoms with E-state index in [-0.39, 0.29) is 16.5 Å². The average Bonchev–Trinajstić information content (AvgIpc) is 3.05. The molecule has 0 aromatic rings. The molecule has 3 heterocycles. The van der Waals surface area contributed by atoms with Gasteiger partial charge in [0.2, 0.25) is 0 Å². The molecular weight excluding hydrogens is 282 g/mol. The second-order valence-corrected chi connectivity index (χ2v) is 9.24. The molecule has 0 saturated carbocycles. The Balaban J connectivity index is 1.85. The number of thioether (sulfide) groups is 3. The van der Waals surface area contributed by atoms with E-state index in [2.05, 4.69) is 12.1 Å². The van der Waals surface area contributed by atoms with Crippen LogP contribution < -0.4 is 5.73 Å². The highest BCUT2D eigenvalue weighted by atomic mass is 32.2. The van der Waals surface area contributed by atoms with Crippen LogP contribution in [0.5, 0.6) is 0 Å². The Morgan fingerprint density at radius 1 is 1.06 bits per heavy atom. The molecule has 0 aromatic carbocycles. The average molecular weight is 297 g/mol. The Morgan fingerprint density at radius 3 is 2.39 bits per heavy atom. The maximum absolute atomic E-state index is 9.37. The van der Waals surface area contributed by atoms with Gasteiger partial charge in [-0.25, -0.2) is 0 Å². The van der Waals surface area contributed by atoms with Crippen molar-refractivity contribution in [1.29, 1.82) is 10.5 Å². The molecule has 18 heavy (non-hydrogen) atoms. The molecule has 3 nitrogen and oxygen atoms in total. The molecule has 0 amide bonds. The monoisotopic (exact) mass is 297 g/mol. The van der Waals surface area contributed by atoms with Gasteiger partial charge in [0.15, 0.2) is 0 Å². The van der Waals surface area contributed by atoms with E-state index in [4.69, 9.17) is 11.0 Å². The number of hydrogen-bond acceptors (Lipinski definition) is 6. The number of nitrogens with two attached hydrogens (primary N) is 1. The van der Waals surface area contributed by atoms with Crippen LogP contribution in [0.25, 0.3) is 0 Å². The molecule has 0 aromatic heterocycles. The van der Waals surface area contributed by atoms with Crippen molar-refractivity contribution in [2.75, 3.05) is 5.75 Å². The van der Waals surface area contributed by atoms with Crippen molar-refractivity contribution in [2.24, 2.45) is 17.6 Å². The molecule has 7 unspecified atom stereocenters. The smallest absolute Gasteiger partial charge is 0.108 e. The predicted octanol–water partition coefficient (Wildman–Crippen LogP) is 2.05. The maximum atomic E-state index is 9.37. The molecule has 0 aliphatic carbocycles. The topological polar surface area (TPSA) is 73.6 Å². The lowest BCUT2D eigenvalue weighted by Crippen LogP contribution is -2.42. The normalized spacial score (nSPS) is 50.7. The predicted molar refractivity (Wildman–Crippen MR) is 78.2 cm³/mol. The number of rotatable bonds is 1. The van der Waals surface area contributed by atoms with Gasteiger partial charge in [-0.3, -0.25) is 0 Å². The van der Waals surface area contributed by atoms with E-state index in [0.717, 1.165) is 0 Å². The molecule has 7 atom stereocenters. The fraction of sp³-hybridized carbons (Fsp3) is 0.833. The Kier molecular flexibility index (Phi) is 3.73. The van der Waals surface area contributed by atoms with Gasteiger partial charge < -0.3 is 5.73 Å². The van der Waals surface area contributed by atoms with Crippen molar-refractivity contribution in [3.8, 4) is 12.1 Å². The first-order valence-corrected chi connectivity index (χ1v) is 9.17. The second-order valence-electron chi connectivity index (χ2n) is 5.02. The Morgan fingerprint density at radius 2 is 1.78 bits per heavy atom. The summed E-state index contributed by atoms with van der Waals surface area (Å²) in [7, 11) is 0. The molecule has 3 aliphatic rings. The summed E-state index contributed by atoms with van der Waals surface area (Å²) in [5.41, 5.74) is 6.27. The van der Waals surface area contributed by atoms with E-state index in [1.165, 1.54) is 18.6 Å².